The van der Waals surface area contributed by atoms with Crippen molar-refractivity contribution in [1.82, 2.24) is 9.88 Å². The van der Waals surface area contributed by atoms with E-state index in [1.807, 2.05) is 0 Å². The molecule has 0 aromatic carbocycles. The first-order valence-electron chi connectivity index (χ1n) is 5.75. The molecule has 0 atom stereocenters. The van der Waals surface area contributed by atoms with E-state index < -0.39 is 5.97 Å². The highest BCUT2D eigenvalue weighted by atomic mass is 16.5. The first kappa shape index (κ1) is 12.5. The fourth-order valence-electron chi connectivity index (χ4n) is 1.85. The smallest absolute Gasteiger partial charge is 0.338 e. The molecule has 1 N–H and O–H groups in total. The number of carbonyl (C=O) groups excluding carboxylic acids is 1. The maximum Gasteiger partial charge on any atom is 0.338 e. The Kier molecular flexibility index (Phi) is 3.88. The van der Waals surface area contributed by atoms with Crippen molar-refractivity contribution in [3.8, 4) is 0 Å². The molecule has 2 heterocycles. The van der Waals surface area contributed by atoms with Crippen molar-refractivity contribution in [3.63, 3.8) is 0 Å². The number of hydrogen-bond acceptors (Lipinski definition) is 4. The van der Waals surface area contributed by atoms with Crippen molar-refractivity contribution >= 4 is 11.9 Å². The van der Waals surface area contributed by atoms with Gasteiger partial charge < -0.3 is 14.7 Å². The maximum absolute atomic E-state index is 12.2. The summed E-state index contributed by atoms with van der Waals surface area (Å²) in [7, 11) is 0. The van der Waals surface area contributed by atoms with E-state index in [0.29, 0.717) is 26.3 Å². The quantitative estimate of drug-likeness (QED) is 0.833. The molecule has 6 heteroatoms. The molecule has 0 aliphatic carbocycles. The second kappa shape index (κ2) is 5.59. The van der Waals surface area contributed by atoms with Gasteiger partial charge in [0.1, 0.15) is 5.69 Å². The third kappa shape index (κ3) is 2.65. The fourth-order valence-corrected chi connectivity index (χ4v) is 1.85. The lowest BCUT2D eigenvalue weighted by atomic mass is 10.1. The first-order chi connectivity index (χ1) is 8.70. The van der Waals surface area contributed by atoms with Gasteiger partial charge in [-0.05, 0) is 18.6 Å². The van der Waals surface area contributed by atoms with Crippen molar-refractivity contribution in [2.45, 2.75) is 6.42 Å². The van der Waals surface area contributed by atoms with Crippen LogP contribution in [-0.4, -0.2) is 53.2 Å². The Morgan fingerprint density at radius 1 is 1.33 bits per heavy atom. The van der Waals surface area contributed by atoms with Gasteiger partial charge in [0.05, 0.1) is 12.2 Å². The Morgan fingerprint density at radius 3 is 2.94 bits per heavy atom. The number of hydrogen-bond donors (Lipinski definition) is 1. The van der Waals surface area contributed by atoms with Gasteiger partial charge in [-0.15, -0.1) is 0 Å². The van der Waals surface area contributed by atoms with Crippen LogP contribution in [-0.2, 0) is 4.74 Å². The van der Waals surface area contributed by atoms with E-state index in [2.05, 4.69) is 4.98 Å². The lowest BCUT2D eigenvalue weighted by molar-refractivity contribution is 0.0669. The predicted octanol–water partition coefficient (Wildman–Crippen LogP) is 0.642. The SMILES string of the molecule is O=C(O)c1cccnc1C(=O)N1CCCOCC1. The number of carboxylic acid groups (broad SMARTS) is 1. The number of ether oxygens (including phenoxy) is 1. The molecule has 1 fully saturated rings. The summed E-state index contributed by atoms with van der Waals surface area (Å²) < 4.78 is 5.26. The van der Waals surface area contributed by atoms with Gasteiger partial charge in [-0.3, -0.25) is 9.78 Å². The van der Waals surface area contributed by atoms with Crippen LogP contribution in [0.2, 0.25) is 0 Å². The molecular weight excluding hydrogens is 236 g/mol. The molecule has 0 unspecified atom stereocenters. The minimum Gasteiger partial charge on any atom is -0.478 e. The minimum absolute atomic E-state index is 0.00750. The van der Waals surface area contributed by atoms with Crippen LogP contribution in [0.15, 0.2) is 18.3 Å². The van der Waals surface area contributed by atoms with Gasteiger partial charge in [0.15, 0.2) is 0 Å². The molecule has 1 aromatic rings. The Balaban J connectivity index is 2.24. The van der Waals surface area contributed by atoms with Crippen LogP contribution in [0.3, 0.4) is 0 Å². The summed E-state index contributed by atoms with van der Waals surface area (Å²) in [6, 6.07) is 2.89. The van der Waals surface area contributed by atoms with Crippen LogP contribution in [0, 0.1) is 0 Å². The summed E-state index contributed by atoms with van der Waals surface area (Å²) in [5, 5.41) is 9.03. The molecule has 1 aromatic heterocycles. The van der Waals surface area contributed by atoms with Crippen LogP contribution in [0.5, 0.6) is 0 Å². The average molecular weight is 250 g/mol. The van der Waals surface area contributed by atoms with Gasteiger partial charge in [0.25, 0.3) is 5.91 Å². The summed E-state index contributed by atoms with van der Waals surface area (Å²) in [4.78, 5) is 28.7. The number of aromatic carboxylic acids is 1. The van der Waals surface area contributed by atoms with Crippen molar-refractivity contribution in [2.75, 3.05) is 26.3 Å². The van der Waals surface area contributed by atoms with E-state index in [4.69, 9.17) is 9.84 Å². The number of rotatable bonds is 2. The summed E-state index contributed by atoms with van der Waals surface area (Å²) in [6.45, 7) is 2.13. The van der Waals surface area contributed by atoms with Crippen molar-refractivity contribution in [2.24, 2.45) is 0 Å². The highest BCUT2D eigenvalue weighted by Crippen LogP contribution is 2.10. The van der Waals surface area contributed by atoms with Gasteiger partial charge >= 0.3 is 5.97 Å². The van der Waals surface area contributed by atoms with Gasteiger partial charge in [-0.2, -0.15) is 0 Å². The second-order valence-corrected chi connectivity index (χ2v) is 3.96. The van der Waals surface area contributed by atoms with Gasteiger partial charge in [0.2, 0.25) is 0 Å². The van der Waals surface area contributed by atoms with E-state index in [9.17, 15) is 9.59 Å². The fraction of sp³-hybridized carbons (Fsp3) is 0.417. The third-order valence-electron chi connectivity index (χ3n) is 2.75. The zero-order valence-corrected chi connectivity index (χ0v) is 9.83. The van der Waals surface area contributed by atoms with Crippen molar-refractivity contribution in [3.05, 3.63) is 29.6 Å². The number of nitrogens with zero attached hydrogens (tertiary/aromatic N) is 2. The molecule has 6 nitrogen and oxygen atoms in total. The van der Waals surface area contributed by atoms with E-state index in [1.165, 1.54) is 18.3 Å². The van der Waals surface area contributed by atoms with Crippen LogP contribution in [0.25, 0.3) is 0 Å². The van der Waals surface area contributed by atoms with Gasteiger partial charge in [-0.25, -0.2) is 4.79 Å². The number of carbonyl (C=O) groups is 2. The first-order valence-corrected chi connectivity index (χ1v) is 5.75. The molecule has 96 valence electrons. The summed E-state index contributed by atoms with van der Waals surface area (Å²) >= 11 is 0. The topological polar surface area (TPSA) is 79.7 Å². The zero-order chi connectivity index (χ0) is 13.0. The molecule has 0 saturated carbocycles. The molecule has 1 amide bonds. The van der Waals surface area contributed by atoms with Crippen LogP contribution in [0.1, 0.15) is 27.3 Å². The Bertz CT molecular complexity index is 453. The highest BCUT2D eigenvalue weighted by Gasteiger charge is 2.23. The largest absolute Gasteiger partial charge is 0.478 e. The van der Waals surface area contributed by atoms with E-state index in [-0.39, 0.29) is 17.2 Å². The molecule has 18 heavy (non-hydrogen) atoms. The maximum atomic E-state index is 12.2. The van der Waals surface area contributed by atoms with Crippen molar-refractivity contribution < 1.29 is 19.4 Å². The molecule has 2 rings (SSSR count). The molecule has 0 bridgehead atoms. The Morgan fingerprint density at radius 2 is 2.17 bits per heavy atom. The summed E-state index contributed by atoms with van der Waals surface area (Å²) in [5.74, 6) is -1.49. The predicted molar refractivity (Wildman–Crippen MR) is 62.5 cm³/mol. The van der Waals surface area contributed by atoms with E-state index in [1.54, 1.807) is 4.90 Å². The van der Waals surface area contributed by atoms with Crippen LogP contribution < -0.4 is 0 Å². The molecular formula is C12H14N2O4. The molecule has 1 aliphatic heterocycles. The number of carboxylic acids is 1. The molecule has 1 aliphatic rings. The summed E-state index contributed by atoms with van der Waals surface area (Å²) in [5.41, 5.74) is -0.0698. The monoisotopic (exact) mass is 250 g/mol. The van der Waals surface area contributed by atoms with E-state index in [0.717, 1.165) is 6.42 Å². The van der Waals surface area contributed by atoms with E-state index >= 15 is 0 Å². The van der Waals surface area contributed by atoms with Crippen molar-refractivity contribution in [1.29, 1.82) is 0 Å². The number of aromatic nitrogens is 1. The minimum atomic E-state index is -1.14. The standard InChI is InChI=1S/C12H14N2O4/c15-11(14-5-2-7-18-8-6-14)10-9(12(16)17)3-1-4-13-10/h1,3-4H,2,5-8H2,(H,16,17). The normalized spacial score (nSPS) is 16.1. The van der Waals surface area contributed by atoms with Gasteiger partial charge in [-0.1, -0.05) is 0 Å². The highest BCUT2D eigenvalue weighted by molar-refractivity contribution is 6.03. The zero-order valence-electron chi connectivity index (χ0n) is 9.83. The molecule has 0 radical (unpaired) electrons. The second-order valence-electron chi connectivity index (χ2n) is 3.96. The van der Waals surface area contributed by atoms with Crippen LogP contribution in [0.4, 0.5) is 0 Å². The third-order valence-corrected chi connectivity index (χ3v) is 2.75. The Labute approximate surface area is 104 Å². The molecule has 1 saturated heterocycles. The average Bonchev–Trinajstić information content (AvgIpc) is 2.66. The lowest BCUT2D eigenvalue weighted by Crippen LogP contribution is -2.34. The van der Waals surface area contributed by atoms with Gasteiger partial charge in [0, 0.05) is 25.9 Å². The lowest BCUT2D eigenvalue weighted by Gasteiger charge is -2.19. The Hall–Kier alpha value is -1.95. The molecule has 0 spiro atoms. The number of amides is 1. The van der Waals surface area contributed by atoms with Crippen LogP contribution >= 0.6 is 0 Å². The summed E-state index contributed by atoms with van der Waals surface area (Å²) in [6.07, 6.45) is 2.18. The number of pyridine rings is 1.